The fourth-order valence-corrected chi connectivity index (χ4v) is 2.33. The number of benzene rings is 1. The molecule has 0 N–H and O–H groups in total. The minimum atomic E-state index is -0.481. The number of carbonyl (C=O) groups is 1. The molecule has 0 aromatic heterocycles. The number of carbonyl (C=O) groups excluding carboxylic acids is 1. The first kappa shape index (κ1) is 15.2. The van der Waals surface area contributed by atoms with Gasteiger partial charge in [-0.05, 0) is 56.3 Å². The Morgan fingerprint density at radius 1 is 1.29 bits per heavy atom. The Bertz CT molecular complexity index is 586. The molecular weight excluding hydrogens is 268 g/mol. The third kappa shape index (κ3) is 4.13. The van der Waals surface area contributed by atoms with Gasteiger partial charge in [-0.1, -0.05) is 17.2 Å². The third-order valence-electron chi connectivity index (χ3n) is 3.30. The van der Waals surface area contributed by atoms with Crippen LogP contribution in [0.1, 0.15) is 31.9 Å². The number of azide groups is 1. The molecular formula is C15H20N4O2. The molecule has 0 fully saturated rings. The van der Waals surface area contributed by atoms with Crippen molar-refractivity contribution < 1.29 is 9.53 Å². The van der Waals surface area contributed by atoms with Gasteiger partial charge in [-0.15, -0.1) is 0 Å². The second-order valence-electron chi connectivity index (χ2n) is 6.11. The molecule has 1 aromatic carbocycles. The van der Waals surface area contributed by atoms with Gasteiger partial charge in [0.25, 0.3) is 0 Å². The van der Waals surface area contributed by atoms with Gasteiger partial charge in [0.1, 0.15) is 5.60 Å². The van der Waals surface area contributed by atoms with Crippen molar-refractivity contribution in [2.45, 2.75) is 39.2 Å². The van der Waals surface area contributed by atoms with Crippen LogP contribution in [0.25, 0.3) is 10.4 Å². The number of hydrogen-bond acceptors (Lipinski definition) is 3. The van der Waals surface area contributed by atoms with E-state index in [-0.39, 0.29) is 6.09 Å². The standard InChI is InChI=1S/C15H20N4O2/c1-15(2,3)21-14(20)19-8-6-11-4-5-13(17-18-16)10-12(11)7-9-19/h4-5,10H,6-9H2,1-3H3. The maximum atomic E-state index is 12.1. The molecule has 0 unspecified atom stereocenters. The fourth-order valence-electron chi connectivity index (χ4n) is 2.33. The lowest BCUT2D eigenvalue weighted by molar-refractivity contribution is 0.0258. The van der Waals surface area contributed by atoms with Gasteiger partial charge >= 0.3 is 6.09 Å². The van der Waals surface area contributed by atoms with Crippen LogP contribution in [0.4, 0.5) is 10.5 Å². The molecule has 6 heteroatoms. The van der Waals surface area contributed by atoms with E-state index in [0.29, 0.717) is 18.8 Å². The van der Waals surface area contributed by atoms with Crippen molar-refractivity contribution in [3.8, 4) is 0 Å². The molecule has 0 aliphatic carbocycles. The third-order valence-corrected chi connectivity index (χ3v) is 3.30. The summed E-state index contributed by atoms with van der Waals surface area (Å²) < 4.78 is 5.41. The summed E-state index contributed by atoms with van der Waals surface area (Å²) in [5, 5.41) is 3.62. The molecule has 0 atom stereocenters. The molecule has 0 saturated carbocycles. The molecule has 1 amide bonds. The molecule has 6 nitrogen and oxygen atoms in total. The Morgan fingerprint density at radius 3 is 2.57 bits per heavy atom. The van der Waals surface area contributed by atoms with Crippen LogP contribution in [-0.4, -0.2) is 29.7 Å². The molecule has 1 aliphatic rings. The number of hydrogen-bond donors (Lipinski definition) is 0. The normalized spacial score (nSPS) is 14.7. The van der Waals surface area contributed by atoms with E-state index in [1.807, 2.05) is 39.0 Å². The summed E-state index contributed by atoms with van der Waals surface area (Å²) in [6.07, 6.45) is 1.25. The summed E-state index contributed by atoms with van der Waals surface area (Å²) >= 11 is 0. The molecule has 0 saturated heterocycles. The van der Waals surface area contributed by atoms with Crippen LogP contribution >= 0.6 is 0 Å². The van der Waals surface area contributed by atoms with E-state index >= 15 is 0 Å². The Balaban J connectivity index is 2.09. The second-order valence-corrected chi connectivity index (χ2v) is 6.11. The van der Waals surface area contributed by atoms with Gasteiger partial charge < -0.3 is 9.64 Å². The van der Waals surface area contributed by atoms with Crippen LogP contribution in [-0.2, 0) is 17.6 Å². The van der Waals surface area contributed by atoms with E-state index in [4.69, 9.17) is 10.3 Å². The predicted molar refractivity (Wildman–Crippen MR) is 80.5 cm³/mol. The zero-order valence-electron chi connectivity index (χ0n) is 12.7. The first-order chi connectivity index (χ1) is 9.89. The first-order valence-electron chi connectivity index (χ1n) is 7.04. The highest BCUT2D eigenvalue weighted by atomic mass is 16.6. The van der Waals surface area contributed by atoms with Gasteiger partial charge in [-0.3, -0.25) is 0 Å². The van der Waals surface area contributed by atoms with E-state index in [9.17, 15) is 4.79 Å². The van der Waals surface area contributed by atoms with E-state index in [2.05, 4.69) is 10.0 Å². The number of amides is 1. The van der Waals surface area contributed by atoms with Gasteiger partial charge in [0.2, 0.25) is 0 Å². The van der Waals surface area contributed by atoms with E-state index in [0.717, 1.165) is 18.4 Å². The quantitative estimate of drug-likeness (QED) is 0.445. The van der Waals surface area contributed by atoms with Crippen LogP contribution < -0.4 is 0 Å². The monoisotopic (exact) mass is 288 g/mol. The lowest BCUT2D eigenvalue weighted by Gasteiger charge is -2.26. The van der Waals surface area contributed by atoms with E-state index < -0.39 is 5.60 Å². The molecule has 1 aromatic rings. The van der Waals surface area contributed by atoms with Gasteiger partial charge in [0, 0.05) is 23.7 Å². The fraction of sp³-hybridized carbons (Fsp3) is 0.533. The van der Waals surface area contributed by atoms with Crippen LogP contribution in [0.2, 0.25) is 0 Å². The SMILES string of the molecule is CC(C)(C)OC(=O)N1CCc2ccc(N=[N+]=[N-])cc2CC1. The van der Waals surface area contributed by atoms with E-state index in [1.165, 1.54) is 5.56 Å². The smallest absolute Gasteiger partial charge is 0.410 e. The van der Waals surface area contributed by atoms with Crippen molar-refractivity contribution in [3.63, 3.8) is 0 Å². The largest absolute Gasteiger partial charge is 0.444 e. The summed E-state index contributed by atoms with van der Waals surface area (Å²) in [7, 11) is 0. The summed E-state index contributed by atoms with van der Waals surface area (Å²) in [4.78, 5) is 16.7. The maximum Gasteiger partial charge on any atom is 0.410 e. The average Bonchev–Trinajstić information content (AvgIpc) is 2.59. The van der Waals surface area contributed by atoms with Gasteiger partial charge in [-0.2, -0.15) is 0 Å². The molecule has 112 valence electrons. The lowest BCUT2D eigenvalue weighted by atomic mass is 10.0. The molecule has 1 aliphatic heterocycles. The minimum absolute atomic E-state index is 0.273. The summed E-state index contributed by atoms with van der Waals surface area (Å²) in [6.45, 7) is 6.85. The van der Waals surface area contributed by atoms with Gasteiger partial charge in [0.15, 0.2) is 0 Å². The lowest BCUT2D eigenvalue weighted by Crippen LogP contribution is -2.38. The topological polar surface area (TPSA) is 78.3 Å². The molecule has 0 spiro atoms. The number of rotatable bonds is 1. The summed E-state index contributed by atoms with van der Waals surface area (Å²) in [6, 6.07) is 5.67. The second kappa shape index (κ2) is 6.06. The average molecular weight is 288 g/mol. The maximum absolute atomic E-state index is 12.1. The van der Waals surface area contributed by atoms with Crippen LogP contribution in [0, 0.1) is 0 Å². The van der Waals surface area contributed by atoms with Crippen molar-refractivity contribution in [2.75, 3.05) is 13.1 Å². The zero-order chi connectivity index (χ0) is 15.5. The molecule has 2 rings (SSSR count). The van der Waals surface area contributed by atoms with Crippen LogP contribution in [0.3, 0.4) is 0 Å². The van der Waals surface area contributed by atoms with Gasteiger partial charge in [0.05, 0.1) is 0 Å². The molecule has 1 heterocycles. The summed E-state index contributed by atoms with van der Waals surface area (Å²) in [5.74, 6) is 0. The highest BCUT2D eigenvalue weighted by Gasteiger charge is 2.24. The highest BCUT2D eigenvalue weighted by Crippen LogP contribution is 2.23. The van der Waals surface area contributed by atoms with Crippen molar-refractivity contribution in [1.29, 1.82) is 0 Å². The minimum Gasteiger partial charge on any atom is -0.444 e. The van der Waals surface area contributed by atoms with Gasteiger partial charge in [-0.25, -0.2) is 4.79 Å². The van der Waals surface area contributed by atoms with Crippen molar-refractivity contribution in [3.05, 3.63) is 39.8 Å². The first-order valence-corrected chi connectivity index (χ1v) is 7.04. The number of nitrogens with zero attached hydrogens (tertiary/aromatic N) is 4. The van der Waals surface area contributed by atoms with Crippen LogP contribution in [0.15, 0.2) is 23.3 Å². The Morgan fingerprint density at radius 2 is 1.95 bits per heavy atom. The van der Waals surface area contributed by atoms with E-state index in [1.54, 1.807) is 4.90 Å². The highest BCUT2D eigenvalue weighted by molar-refractivity contribution is 5.68. The van der Waals surface area contributed by atoms with Crippen molar-refractivity contribution in [1.82, 2.24) is 4.90 Å². The van der Waals surface area contributed by atoms with Crippen LogP contribution in [0.5, 0.6) is 0 Å². The molecule has 21 heavy (non-hydrogen) atoms. The Labute approximate surface area is 124 Å². The number of ether oxygens (including phenoxy) is 1. The van der Waals surface area contributed by atoms with Crippen molar-refractivity contribution >= 4 is 11.8 Å². The predicted octanol–water partition coefficient (Wildman–Crippen LogP) is 3.96. The van der Waals surface area contributed by atoms with Crippen molar-refractivity contribution in [2.24, 2.45) is 5.11 Å². The number of fused-ring (bicyclic) bond motifs is 1. The molecule has 0 bridgehead atoms. The Kier molecular flexibility index (Phi) is 4.38. The molecule has 0 radical (unpaired) electrons. The Hall–Kier alpha value is -2.20. The summed E-state index contributed by atoms with van der Waals surface area (Å²) in [5.41, 5.74) is 10.9. The zero-order valence-corrected chi connectivity index (χ0v) is 12.7.